The Morgan fingerprint density at radius 1 is 1.29 bits per heavy atom. The number of nitrogens with two attached hydrogens (primary N) is 1. The monoisotopic (exact) mass is 275 g/mol. The molecule has 1 rings (SSSR count). The van der Waals surface area contributed by atoms with Gasteiger partial charge < -0.3 is 15.5 Å². The Labute approximate surface area is 106 Å². The summed E-state index contributed by atoms with van der Waals surface area (Å²) < 4.78 is 10.7. The number of thioether (sulfide) groups is 1. The van der Waals surface area contributed by atoms with Crippen molar-refractivity contribution in [2.45, 2.75) is 17.7 Å². The number of rotatable bonds is 7. The second-order valence-electron chi connectivity index (χ2n) is 3.74. The molecule has 1 aromatic carbocycles. The van der Waals surface area contributed by atoms with Crippen LogP contribution in [0, 0.1) is 0 Å². The first-order valence-electron chi connectivity index (χ1n) is 5.48. The smallest absolute Gasteiger partial charge is 0.325 e. The normalized spacial score (nSPS) is 11.7. The maximum Gasteiger partial charge on any atom is 0.325 e. The van der Waals surface area contributed by atoms with Crippen LogP contribution >= 0.6 is 19.4 Å². The highest BCUT2D eigenvalue weighted by molar-refractivity contribution is 7.99. The van der Waals surface area contributed by atoms with Crippen LogP contribution in [0.5, 0.6) is 0 Å². The summed E-state index contributed by atoms with van der Waals surface area (Å²) in [6.45, 7) is 0.611. The molecule has 6 heteroatoms. The van der Waals surface area contributed by atoms with E-state index < -0.39 is 7.60 Å². The van der Waals surface area contributed by atoms with Gasteiger partial charge in [0.05, 0.1) is 6.16 Å². The van der Waals surface area contributed by atoms with E-state index in [1.54, 1.807) is 11.8 Å². The molecular weight excluding hydrogens is 257 g/mol. The molecule has 0 fully saturated rings. The summed E-state index contributed by atoms with van der Waals surface area (Å²) >= 11 is 1.63. The van der Waals surface area contributed by atoms with Gasteiger partial charge in [0.2, 0.25) is 0 Å². The average molecular weight is 275 g/mol. The quantitative estimate of drug-likeness (QED) is 0.402. The molecule has 0 saturated heterocycles. The van der Waals surface area contributed by atoms with Crippen LogP contribution in [0.25, 0.3) is 0 Å². The first-order valence-corrected chi connectivity index (χ1v) is 8.26. The third-order valence-electron chi connectivity index (χ3n) is 2.24. The lowest BCUT2D eigenvalue weighted by Gasteiger charge is -2.08. The predicted octanol–water partition coefficient (Wildman–Crippen LogP) is 1.85. The van der Waals surface area contributed by atoms with Gasteiger partial charge in [-0.25, -0.2) is 0 Å². The largest absolute Gasteiger partial charge is 0.330 e. The fourth-order valence-corrected chi connectivity index (χ4v) is 3.28. The van der Waals surface area contributed by atoms with Crippen LogP contribution in [0.4, 0.5) is 0 Å². The molecule has 0 aromatic heterocycles. The van der Waals surface area contributed by atoms with Gasteiger partial charge in [-0.15, -0.1) is 11.8 Å². The first-order chi connectivity index (χ1) is 8.03. The molecule has 0 aliphatic carbocycles. The van der Waals surface area contributed by atoms with Crippen LogP contribution in [0.15, 0.2) is 29.2 Å². The molecule has 0 bridgehead atoms. The lowest BCUT2D eigenvalue weighted by atomic mass is 10.1. The lowest BCUT2D eigenvalue weighted by molar-refractivity contribution is 0.372. The van der Waals surface area contributed by atoms with Gasteiger partial charge in [-0.05, 0) is 36.8 Å². The van der Waals surface area contributed by atoms with Crippen molar-refractivity contribution in [2.75, 3.05) is 18.5 Å². The molecule has 0 unspecified atom stereocenters. The molecule has 0 saturated carbocycles. The molecule has 0 atom stereocenters. The van der Waals surface area contributed by atoms with E-state index in [2.05, 4.69) is 0 Å². The minimum absolute atomic E-state index is 0.0426. The Morgan fingerprint density at radius 2 is 2.00 bits per heavy atom. The summed E-state index contributed by atoms with van der Waals surface area (Å²) in [5.74, 6) is 0.715. The molecule has 96 valence electrons. The van der Waals surface area contributed by atoms with Crippen LogP contribution in [0.1, 0.15) is 12.0 Å². The van der Waals surface area contributed by atoms with E-state index in [-0.39, 0.29) is 6.16 Å². The van der Waals surface area contributed by atoms with Gasteiger partial charge in [-0.1, -0.05) is 18.2 Å². The van der Waals surface area contributed by atoms with Crippen molar-refractivity contribution in [3.05, 3.63) is 29.8 Å². The van der Waals surface area contributed by atoms with Gasteiger partial charge in [0.25, 0.3) is 0 Å². The van der Waals surface area contributed by atoms with Crippen LogP contribution in [0.2, 0.25) is 0 Å². The van der Waals surface area contributed by atoms with E-state index in [1.807, 2.05) is 24.3 Å². The molecule has 0 aliphatic heterocycles. The zero-order valence-electron chi connectivity index (χ0n) is 9.58. The fraction of sp³-hybridized carbons (Fsp3) is 0.455. The average Bonchev–Trinajstić information content (AvgIpc) is 2.25. The highest BCUT2D eigenvalue weighted by Gasteiger charge is 2.11. The lowest BCUT2D eigenvalue weighted by Crippen LogP contribution is -2.03. The maximum absolute atomic E-state index is 10.7. The molecule has 0 aliphatic rings. The van der Waals surface area contributed by atoms with Crippen molar-refractivity contribution < 1.29 is 14.4 Å². The Bertz CT molecular complexity index is 394. The van der Waals surface area contributed by atoms with E-state index in [4.69, 9.17) is 15.5 Å². The molecule has 0 heterocycles. The third kappa shape index (κ3) is 6.24. The number of hydrogen-bond donors (Lipinski definition) is 3. The fourth-order valence-electron chi connectivity index (χ4n) is 1.46. The van der Waals surface area contributed by atoms with Crippen LogP contribution < -0.4 is 5.73 Å². The maximum atomic E-state index is 10.7. The first kappa shape index (κ1) is 14.7. The Kier molecular flexibility index (Phi) is 6.23. The Morgan fingerprint density at radius 3 is 2.65 bits per heavy atom. The molecule has 4 nitrogen and oxygen atoms in total. The van der Waals surface area contributed by atoms with E-state index in [0.717, 1.165) is 11.3 Å². The van der Waals surface area contributed by atoms with Gasteiger partial charge in [0, 0.05) is 4.90 Å². The summed E-state index contributed by atoms with van der Waals surface area (Å²) in [5, 5.41) is 0. The van der Waals surface area contributed by atoms with Gasteiger partial charge in [-0.2, -0.15) is 0 Å². The summed E-state index contributed by atoms with van der Waals surface area (Å²) in [5.41, 5.74) is 6.73. The minimum atomic E-state index is -3.84. The number of hydrogen-bond acceptors (Lipinski definition) is 3. The second-order valence-corrected chi connectivity index (χ2v) is 6.65. The highest BCUT2D eigenvalue weighted by atomic mass is 32.2. The third-order valence-corrected chi connectivity index (χ3v) is 4.34. The molecule has 0 spiro atoms. The summed E-state index contributed by atoms with van der Waals surface area (Å²) in [4.78, 5) is 18.6. The van der Waals surface area contributed by atoms with Crippen molar-refractivity contribution in [3.8, 4) is 0 Å². The molecule has 1 aromatic rings. The summed E-state index contributed by atoms with van der Waals surface area (Å²) in [6, 6.07) is 8.00. The van der Waals surface area contributed by atoms with E-state index >= 15 is 0 Å². The van der Waals surface area contributed by atoms with E-state index in [1.165, 1.54) is 5.56 Å². The zero-order chi connectivity index (χ0) is 12.7. The van der Waals surface area contributed by atoms with Gasteiger partial charge in [0.15, 0.2) is 0 Å². The standard InChI is InChI=1S/C11H18NO3PS/c12-7-6-10-4-1-2-5-11(10)17-9-3-8-16(13,14)15/h1-2,4-5H,3,6-9,12H2,(H2,13,14,15). The molecular formula is C11H18NO3PS. The van der Waals surface area contributed by atoms with Crippen molar-refractivity contribution in [1.82, 2.24) is 0 Å². The minimum Gasteiger partial charge on any atom is -0.330 e. The Hall–Kier alpha value is -0.320. The van der Waals surface area contributed by atoms with Crippen LogP contribution in [-0.4, -0.2) is 28.2 Å². The van der Waals surface area contributed by atoms with Gasteiger partial charge in [0.1, 0.15) is 0 Å². The molecule has 4 N–H and O–H groups in total. The number of benzene rings is 1. The van der Waals surface area contributed by atoms with E-state index in [9.17, 15) is 4.57 Å². The molecule has 0 amide bonds. The van der Waals surface area contributed by atoms with Crippen LogP contribution in [-0.2, 0) is 11.0 Å². The van der Waals surface area contributed by atoms with Gasteiger partial charge >= 0.3 is 7.60 Å². The molecule has 17 heavy (non-hydrogen) atoms. The van der Waals surface area contributed by atoms with Crippen molar-refractivity contribution in [1.29, 1.82) is 0 Å². The zero-order valence-corrected chi connectivity index (χ0v) is 11.3. The predicted molar refractivity (Wildman–Crippen MR) is 71.5 cm³/mol. The van der Waals surface area contributed by atoms with Crippen LogP contribution in [0.3, 0.4) is 0 Å². The topological polar surface area (TPSA) is 83.6 Å². The SMILES string of the molecule is NCCc1ccccc1SCCCP(=O)(O)O. The summed E-state index contributed by atoms with van der Waals surface area (Å²) in [7, 11) is -3.84. The van der Waals surface area contributed by atoms with E-state index in [0.29, 0.717) is 18.7 Å². The van der Waals surface area contributed by atoms with Gasteiger partial charge in [-0.3, -0.25) is 4.57 Å². The highest BCUT2D eigenvalue weighted by Crippen LogP contribution is 2.36. The van der Waals surface area contributed by atoms with Crippen molar-refractivity contribution >= 4 is 19.4 Å². The second kappa shape index (κ2) is 7.19. The Balaban J connectivity index is 2.43. The summed E-state index contributed by atoms with van der Waals surface area (Å²) in [6.07, 6.45) is 1.31. The van der Waals surface area contributed by atoms with Crippen molar-refractivity contribution in [3.63, 3.8) is 0 Å². The van der Waals surface area contributed by atoms with Crippen molar-refractivity contribution in [2.24, 2.45) is 5.73 Å². The molecule has 0 radical (unpaired) electrons.